The van der Waals surface area contributed by atoms with Gasteiger partial charge in [0.25, 0.3) is 0 Å². The number of Topliss-reactive ketones (excluding diaryl/α,β-unsaturated/α-hetero) is 1. The van der Waals surface area contributed by atoms with Gasteiger partial charge in [0.1, 0.15) is 5.92 Å². The van der Waals surface area contributed by atoms with Crippen LogP contribution in [0.1, 0.15) is 22.8 Å². The standard InChI is InChI=1S/C11H9F3O3/c1-6(10(16)17)9(15)7-4-2-3-5-8(7)11(12,13)14/h2-6H,1H3,(H,16,17)/t6-/m1/s1. The lowest BCUT2D eigenvalue weighted by Crippen LogP contribution is -2.23. The van der Waals surface area contributed by atoms with E-state index < -0.39 is 35.0 Å². The molecule has 0 aliphatic carbocycles. The lowest BCUT2D eigenvalue weighted by Gasteiger charge is -2.13. The number of rotatable bonds is 3. The normalized spacial score (nSPS) is 13.2. The minimum absolute atomic E-state index is 0.616. The smallest absolute Gasteiger partial charge is 0.417 e. The van der Waals surface area contributed by atoms with Crippen LogP contribution in [0.2, 0.25) is 0 Å². The van der Waals surface area contributed by atoms with Gasteiger partial charge in [0.15, 0.2) is 5.78 Å². The lowest BCUT2D eigenvalue weighted by molar-refractivity contribution is -0.140. The number of hydrogen-bond acceptors (Lipinski definition) is 2. The minimum atomic E-state index is -4.68. The topological polar surface area (TPSA) is 54.4 Å². The molecule has 0 saturated carbocycles. The number of carbonyl (C=O) groups is 2. The predicted molar refractivity (Wildman–Crippen MR) is 52.6 cm³/mol. The molecule has 0 fully saturated rings. The Morgan fingerprint density at radius 1 is 1.24 bits per heavy atom. The van der Waals surface area contributed by atoms with Crippen molar-refractivity contribution in [1.82, 2.24) is 0 Å². The van der Waals surface area contributed by atoms with Crippen LogP contribution in [-0.4, -0.2) is 16.9 Å². The summed E-state index contributed by atoms with van der Waals surface area (Å²) in [6.45, 7) is 1.05. The van der Waals surface area contributed by atoms with Gasteiger partial charge in [0.05, 0.1) is 5.56 Å². The van der Waals surface area contributed by atoms with Gasteiger partial charge in [0, 0.05) is 5.56 Å². The van der Waals surface area contributed by atoms with Crippen molar-refractivity contribution in [2.45, 2.75) is 13.1 Å². The monoisotopic (exact) mass is 246 g/mol. The van der Waals surface area contributed by atoms with Crippen molar-refractivity contribution in [2.75, 3.05) is 0 Å². The highest BCUT2D eigenvalue weighted by Crippen LogP contribution is 2.32. The molecule has 92 valence electrons. The highest BCUT2D eigenvalue weighted by molar-refractivity contribution is 6.08. The first-order chi connectivity index (χ1) is 7.75. The zero-order valence-electron chi connectivity index (χ0n) is 8.78. The number of benzene rings is 1. The molecule has 0 aliphatic heterocycles. The van der Waals surface area contributed by atoms with E-state index in [0.717, 1.165) is 25.1 Å². The number of carboxylic acid groups (broad SMARTS) is 1. The average Bonchev–Trinajstić information content (AvgIpc) is 2.25. The van der Waals surface area contributed by atoms with Gasteiger partial charge < -0.3 is 5.11 Å². The molecule has 0 aromatic heterocycles. The highest BCUT2D eigenvalue weighted by atomic mass is 19.4. The van der Waals surface area contributed by atoms with E-state index in [4.69, 9.17) is 5.11 Å². The first-order valence-electron chi connectivity index (χ1n) is 4.68. The molecule has 0 saturated heterocycles. The summed E-state index contributed by atoms with van der Waals surface area (Å²) in [5.74, 6) is -4.00. The SMILES string of the molecule is C[C@@H](C(=O)O)C(=O)c1ccccc1C(F)(F)F. The molecule has 1 N–H and O–H groups in total. The Morgan fingerprint density at radius 3 is 2.24 bits per heavy atom. The van der Waals surface area contributed by atoms with E-state index in [-0.39, 0.29) is 0 Å². The van der Waals surface area contributed by atoms with Crippen LogP contribution in [0, 0.1) is 5.92 Å². The molecule has 0 spiro atoms. The van der Waals surface area contributed by atoms with Crippen LogP contribution in [0.4, 0.5) is 13.2 Å². The molecular formula is C11H9F3O3. The molecule has 1 aromatic rings. The molecular weight excluding hydrogens is 237 g/mol. The fourth-order valence-electron chi connectivity index (χ4n) is 1.29. The van der Waals surface area contributed by atoms with Crippen LogP contribution in [0.5, 0.6) is 0 Å². The maximum Gasteiger partial charge on any atom is 0.417 e. The van der Waals surface area contributed by atoms with E-state index >= 15 is 0 Å². The molecule has 0 unspecified atom stereocenters. The summed E-state index contributed by atoms with van der Waals surface area (Å²) in [7, 11) is 0. The summed E-state index contributed by atoms with van der Waals surface area (Å²) in [5.41, 5.74) is -1.73. The van der Waals surface area contributed by atoms with Gasteiger partial charge in [0.2, 0.25) is 0 Å². The molecule has 1 rings (SSSR count). The molecule has 0 heterocycles. The van der Waals surface area contributed by atoms with Gasteiger partial charge in [-0.3, -0.25) is 9.59 Å². The third-order valence-electron chi connectivity index (χ3n) is 2.26. The molecule has 0 amide bonds. The summed E-state index contributed by atoms with van der Waals surface area (Å²) in [5, 5.41) is 8.61. The van der Waals surface area contributed by atoms with Crippen molar-refractivity contribution in [3.63, 3.8) is 0 Å². The molecule has 0 bridgehead atoms. The minimum Gasteiger partial charge on any atom is -0.481 e. The van der Waals surface area contributed by atoms with Crippen LogP contribution in [0.25, 0.3) is 0 Å². The Hall–Kier alpha value is -1.85. The molecule has 3 nitrogen and oxygen atoms in total. The van der Waals surface area contributed by atoms with Crippen molar-refractivity contribution >= 4 is 11.8 Å². The first kappa shape index (κ1) is 13.2. The van der Waals surface area contributed by atoms with Gasteiger partial charge in [-0.15, -0.1) is 0 Å². The van der Waals surface area contributed by atoms with Gasteiger partial charge >= 0.3 is 12.1 Å². The Balaban J connectivity index is 3.24. The lowest BCUT2D eigenvalue weighted by atomic mass is 9.95. The number of carboxylic acids is 1. The quantitative estimate of drug-likeness (QED) is 0.658. The molecule has 1 aromatic carbocycles. The third-order valence-corrected chi connectivity index (χ3v) is 2.26. The fraction of sp³-hybridized carbons (Fsp3) is 0.273. The number of alkyl halides is 3. The summed E-state index contributed by atoms with van der Waals surface area (Å²) in [6.07, 6.45) is -4.68. The number of hydrogen-bond donors (Lipinski definition) is 1. The summed E-state index contributed by atoms with van der Waals surface area (Å²) in [6, 6.07) is 4.13. The Bertz CT molecular complexity index is 452. The summed E-state index contributed by atoms with van der Waals surface area (Å²) < 4.78 is 37.7. The Kier molecular flexibility index (Phi) is 3.55. The second kappa shape index (κ2) is 4.57. The second-order valence-corrected chi connectivity index (χ2v) is 3.47. The van der Waals surface area contributed by atoms with Gasteiger partial charge in [-0.2, -0.15) is 13.2 Å². The number of halogens is 3. The van der Waals surface area contributed by atoms with Crippen LogP contribution in [-0.2, 0) is 11.0 Å². The van der Waals surface area contributed by atoms with E-state index in [1.165, 1.54) is 6.07 Å². The maximum atomic E-state index is 12.6. The van der Waals surface area contributed by atoms with Crippen molar-refractivity contribution < 1.29 is 27.9 Å². The Morgan fingerprint density at radius 2 is 1.76 bits per heavy atom. The number of aliphatic carboxylic acids is 1. The molecule has 17 heavy (non-hydrogen) atoms. The third kappa shape index (κ3) is 2.83. The molecule has 6 heteroatoms. The summed E-state index contributed by atoms with van der Waals surface area (Å²) >= 11 is 0. The van der Waals surface area contributed by atoms with E-state index in [9.17, 15) is 22.8 Å². The molecule has 1 atom stereocenters. The van der Waals surface area contributed by atoms with Gasteiger partial charge in [-0.25, -0.2) is 0 Å². The second-order valence-electron chi connectivity index (χ2n) is 3.47. The average molecular weight is 246 g/mol. The van der Waals surface area contributed by atoms with Crippen molar-refractivity contribution in [1.29, 1.82) is 0 Å². The molecule has 0 aliphatic rings. The van der Waals surface area contributed by atoms with Crippen LogP contribution < -0.4 is 0 Å². The van der Waals surface area contributed by atoms with Crippen molar-refractivity contribution in [3.05, 3.63) is 35.4 Å². The Labute approximate surface area is 94.9 Å². The van der Waals surface area contributed by atoms with Crippen molar-refractivity contribution in [3.8, 4) is 0 Å². The van der Waals surface area contributed by atoms with E-state index in [1.807, 2.05) is 0 Å². The first-order valence-corrected chi connectivity index (χ1v) is 4.68. The maximum absolute atomic E-state index is 12.6. The van der Waals surface area contributed by atoms with Gasteiger partial charge in [-0.05, 0) is 13.0 Å². The van der Waals surface area contributed by atoms with Crippen LogP contribution >= 0.6 is 0 Å². The predicted octanol–water partition coefficient (Wildman–Crippen LogP) is 2.61. The van der Waals surface area contributed by atoms with E-state index in [2.05, 4.69) is 0 Å². The zero-order valence-corrected chi connectivity index (χ0v) is 8.78. The van der Waals surface area contributed by atoms with Gasteiger partial charge in [-0.1, -0.05) is 18.2 Å². The fourth-order valence-corrected chi connectivity index (χ4v) is 1.29. The zero-order chi connectivity index (χ0) is 13.2. The van der Waals surface area contributed by atoms with Crippen molar-refractivity contribution in [2.24, 2.45) is 5.92 Å². The van der Waals surface area contributed by atoms with E-state index in [0.29, 0.717) is 0 Å². The van der Waals surface area contributed by atoms with Crippen LogP contribution in [0.15, 0.2) is 24.3 Å². The number of ketones is 1. The van der Waals surface area contributed by atoms with Crippen LogP contribution in [0.3, 0.4) is 0 Å². The highest BCUT2D eigenvalue weighted by Gasteiger charge is 2.36. The largest absolute Gasteiger partial charge is 0.481 e. The molecule has 0 radical (unpaired) electrons. The number of carbonyl (C=O) groups excluding carboxylic acids is 1. The summed E-state index contributed by atoms with van der Waals surface area (Å²) in [4.78, 5) is 22.1. The van der Waals surface area contributed by atoms with E-state index in [1.54, 1.807) is 0 Å².